The van der Waals surface area contributed by atoms with Crippen LogP contribution in [0.2, 0.25) is 0 Å². The molecule has 0 saturated carbocycles. The van der Waals surface area contributed by atoms with E-state index in [-0.39, 0.29) is 5.41 Å². The van der Waals surface area contributed by atoms with E-state index in [1.54, 1.807) is 7.11 Å². The maximum atomic E-state index is 8.60. The Morgan fingerprint density at radius 2 is 2.00 bits per heavy atom. The Kier molecular flexibility index (Phi) is 7.93. The van der Waals surface area contributed by atoms with Crippen molar-refractivity contribution in [3.05, 3.63) is 0 Å². The first-order valence-electron chi connectivity index (χ1n) is 5.72. The lowest BCUT2D eigenvalue weighted by Crippen LogP contribution is -2.32. The van der Waals surface area contributed by atoms with E-state index in [0.29, 0.717) is 5.84 Å². The Labute approximate surface area is 98.0 Å². The molecule has 0 atom stereocenters. The molecule has 0 aromatic rings. The fraction of sp³-hybridized carbons (Fsp3) is 0.909. The van der Waals surface area contributed by atoms with Crippen molar-refractivity contribution in [3.8, 4) is 0 Å². The Morgan fingerprint density at radius 3 is 2.56 bits per heavy atom. The highest BCUT2D eigenvalue weighted by atomic mass is 16.5. The molecule has 0 aromatic carbocycles. The monoisotopic (exact) mass is 231 g/mol. The molecule has 96 valence electrons. The molecule has 0 rings (SSSR count). The third-order valence-electron chi connectivity index (χ3n) is 2.66. The molecule has 0 aromatic heterocycles. The van der Waals surface area contributed by atoms with Gasteiger partial charge in [-0.05, 0) is 32.4 Å². The van der Waals surface area contributed by atoms with Crippen LogP contribution in [0.3, 0.4) is 0 Å². The predicted molar refractivity (Wildman–Crippen MR) is 65.8 cm³/mol. The first-order chi connectivity index (χ1) is 7.54. The Balaban J connectivity index is 3.51. The van der Waals surface area contributed by atoms with Crippen molar-refractivity contribution in [1.82, 2.24) is 5.32 Å². The van der Waals surface area contributed by atoms with Crippen molar-refractivity contribution < 1.29 is 9.94 Å². The van der Waals surface area contributed by atoms with E-state index in [1.165, 1.54) is 0 Å². The number of nitrogens with zero attached hydrogens (tertiary/aromatic N) is 1. The average Bonchev–Trinajstić information content (AvgIpc) is 2.26. The highest BCUT2D eigenvalue weighted by Crippen LogP contribution is 2.21. The van der Waals surface area contributed by atoms with E-state index in [4.69, 9.17) is 15.7 Å². The topological polar surface area (TPSA) is 79.9 Å². The summed E-state index contributed by atoms with van der Waals surface area (Å²) in [5, 5.41) is 15.0. The maximum Gasteiger partial charge on any atom is 0.144 e. The second-order valence-corrected chi connectivity index (χ2v) is 4.57. The summed E-state index contributed by atoms with van der Waals surface area (Å²) in [6, 6.07) is 0. The summed E-state index contributed by atoms with van der Waals surface area (Å²) < 4.78 is 4.95. The molecule has 0 amide bonds. The minimum atomic E-state index is -0.233. The summed E-state index contributed by atoms with van der Waals surface area (Å²) >= 11 is 0. The van der Waals surface area contributed by atoms with Crippen molar-refractivity contribution in [2.24, 2.45) is 16.3 Å². The lowest BCUT2D eigenvalue weighted by molar-refractivity contribution is 0.194. The minimum Gasteiger partial charge on any atom is -0.409 e. The first kappa shape index (κ1) is 15.2. The van der Waals surface area contributed by atoms with E-state index in [1.807, 2.05) is 13.8 Å². The number of rotatable bonds is 9. The van der Waals surface area contributed by atoms with Gasteiger partial charge in [-0.25, -0.2) is 0 Å². The molecule has 0 aliphatic rings. The largest absolute Gasteiger partial charge is 0.409 e. The number of amidine groups is 1. The minimum absolute atomic E-state index is 0.233. The third kappa shape index (κ3) is 6.63. The summed E-state index contributed by atoms with van der Waals surface area (Å²) in [4.78, 5) is 0. The van der Waals surface area contributed by atoms with Crippen LogP contribution in [0.1, 0.15) is 33.1 Å². The summed E-state index contributed by atoms with van der Waals surface area (Å²) in [5.74, 6) is 0.298. The fourth-order valence-electron chi connectivity index (χ4n) is 1.39. The van der Waals surface area contributed by atoms with E-state index < -0.39 is 0 Å². The lowest BCUT2D eigenvalue weighted by atomic mass is 9.86. The molecule has 0 heterocycles. The van der Waals surface area contributed by atoms with Gasteiger partial charge in [-0.1, -0.05) is 19.0 Å². The molecule has 0 aliphatic heterocycles. The normalized spacial score (nSPS) is 13.1. The maximum absolute atomic E-state index is 8.60. The Hall–Kier alpha value is -0.810. The summed E-state index contributed by atoms with van der Waals surface area (Å²) in [5.41, 5.74) is 5.36. The van der Waals surface area contributed by atoms with Gasteiger partial charge in [0, 0.05) is 19.1 Å². The smallest absolute Gasteiger partial charge is 0.144 e. The van der Waals surface area contributed by atoms with E-state index in [9.17, 15) is 0 Å². The third-order valence-corrected chi connectivity index (χ3v) is 2.66. The van der Waals surface area contributed by atoms with Gasteiger partial charge >= 0.3 is 0 Å². The number of hydrogen-bond donors (Lipinski definition) is 3. The molecule has 4 N–H and O–H groups in total. The van der Waals surface area contributed by atoms with E-state index in [2.05, 4.69) is 10.5 Å². The molecule has 0 aliphatic carbocycles. The second-order valence-electron chi connectivity index (χ2n) is 4.57. The van der Waals surface area contributed by atoms with Gasteiger partial charge in [0.05, 0.1) is 0 Å². The molecular formula is C11H25N3O2. The van der Waals surface area contributed by atoms with Gasteiger partial charge in [0.2, 0.25) is 0 Å². The van der Waals surface area contributed by atoms with Crippen LogP contribution < -0.4 is 11.1 Å². The van der Waals surface area contributed by atoms with Gasteiger partial charge in [-0.15, -0.1) is 0 Å². The predicted octanol–water partition coefficient (Wildman–Crippen LogP) is 1.17. The van der Waals surface area contributed by atoms with E-state index >= 15 is 0 Å². The van der Waals surface area contributed by atoms with Crippen LogP contribution in [0.15, 0.2) is 5.16 Å². The summed E-state index contributed by atoms with van der Waals surface area (Å²) in [7, 11) is 1.71. The number of methoxy groups -OCH3 is 1. The van der Waals surface area contributed by atoms with E-state index in [0.717, 1.165) is 39.0 Å². The van der Waals surface area contributed by atoms with Crippen LogP contribution in [-0.2, 0) is 4.74 Å². The molecule has 0 bridgehead atoms. The van der Waals surface area contributed by atoms with Gasteiger partial charge < -0.3 is 21.0 Å². The van der Waals surface area contributed by atoms with Gasteiger partial charge in [0.1, 0.15) is 5.84 Å². The zero-order valence-electron chi connectivity index (χ0n) is 10.6. The Morgan fingerprint density at radius 1 is 1.38 bits per heavy atom. The molecule has 0 fully saturated rings. The van der Waals surface area contributed by atoms with Crippen molar-refractivity contribution in [1.29, 1.82) is 0 Å². The van der Waals surface area contributed by atoms with Crippen LogP contribution in [0, 0.1) is 5.41 Å². The van der Waals surface area contributed by atoms with Crippen LogP contribution >= 0.6 is 0 Å². The quantitative estimate of drug-likeness (QED) is 0.183. The fourth-order valence-corrected chi connectivity index (χ4v) is 1.39. The van der Waals surface area contributed by atoms with Gasteiger partial charge in [0.25, 0.3) is 0 Å². The highest BCUT2D eigenvalue weighted by molar-refractivity contribution is 5.85. The lowest BCUT2D eigenvalue weighted by Gasteiger charge is -2.22. The molecule has 16 heavy (non-hydrogen) atoms. The van der Waals surface area contributed by atoms with Crippen LogP contribution in [0.5, 0.6) is 0 Å². The molecular weight excluding hydrogens is 206 g/mol. The number of nitrogens with two attached hydrogens (primary N) is 1. The van der Waals surface area contributed by atoms with Crippen molar-refractivity contribution in [2.75, 3.05) is 26.8 Å². The van der Waals surface area contributed by atoms with Gasteiger partial charge in [-0.2, -0.15) is 0 Å². The number of hydrogen-bond acceptors (Lipinski definition) is 4. The molecule has 0 spiro atoms. The zero-order valence-corrected chi connectivity index (χ0v) is 10.6. The first-order valence-corrected chi connectivity index (χ1v) is 5.72. The van der Waals surface area contributed by atoms with Crippen LogP contribution in [-0.4, -0.2) is 37.8 Å². The summed E-state index contributed by atoms with van der Waals surface area (Å²) in [6.07, 6.45) is 2.94. The van der Waals surface area contributed by atoms with Crippen molar-refractivity contribution in [2.45, 2.75) is 33.1 Å². The molecule has 5 nitrogen and oxygen atoms in total. The molecule has 0 unspecified atom stereocenters. The molecule has 0 saturated heterocycles. The zero-order chi connectivity index (χ0) is 12.4. The number of oxime groups is 1. The second kappa shape index (κ2) is 8.35. The molecule has 0 radical (unpaired) electrons. The Bertz CT molecular complexity index is 205. The van der Waals surface area contributed by atoms with Gasteiger partial charge in [0.15, 0.2) is 0 Å². The number of ether oxygens (including phenoxy) is 1. The van der Waals surface area contributed by atoms with Crippen molar-refractivity contribution >= 4 is 5.84 Å². The van der Waals surface area contributed by atoms with Crippen LogP contribution in [0.25, 0.3) is 0 Å². The van der Waals surface area contributed by atoms with Crippen molar-refractivity contribution in [3.63, 3.8) is 0 Å². The number of nitrogens with one attached hydrogen (secondary N) is 1. The average molecular weight is 231 g/mol. The van der Waals surface area contributed by atoms with Gasteiger partial charge in [-0.3, -0.25) is 0 Å². The molecule has 5 heteroatoms. The standard InChI is InChI=1S/C11H25N3O2/c1-11(2,10(12)14-15)6-4-7-13-8-5-9-16-3/h13,15H,4-9H2,1-3H3,(H2,12,14). The SMILES string of the molecule is COCCCNCCCC(C)(C)C(N)=NO. The highest BCUT2D eigenvalue weighted by Gasteiger charge is 2.22. The van der Waals surface area contributed by atoms with Crippen LogP contribution in [0.4, 0.5) is 0 Å². The summed E-state index contributed by atoms with van der Waals surface area (Å²) in [6.45, 7) is 6.67.